The zero-order chi connectivity index (χ0) is 18.3. The van der Waals surface area contributed by atoms with Gasteiger partial charge >= 0.3 is 6.09 Å². The molecular weight excluding hydrogens is 334 g/mol. The summed E-state index contributed by atoms with van der Waals surface area (Å²) in [6, 6.07) is 3.28. The van der Waals surface area contributed by atoms with Gasteiger partial charge in [0.2, 0.25) is 0 Å². The number of hydrogen-bond donors (Lipinski definition) is 2. The molecule has 0 spiro atoms. The number of likely N-dealkylation sites (tertiary alicyclic amines) is 1. The highest BCUT2D eigenvalue weighted by Crippen LogP contribution is 2.16. The molecule has 2 rings (SSSR count). The number of piperidine rings is 1. The Morgan fingerprint density at radius 3 is 2.72 bits per heavy atom. The smallest absolute Gasteiger partial charge is 0.407 e. The fraction of sp³-hybridized carbons (Fsp3) is 0.737. The second kappa shape index (κ2) is 9.55. The fourth-order valence-corrected chi connectivity index (χ4v) is 3.75. The van der Waals surface area contributed by atoms with E-state index in [0.717, 1.165) is 26.1 Å². The van der Waals surface area contributed by atoms with Crippen molar-refractivity contribution in [2.75, 3.05) is 19.6 Å². The zero-order valence-electron chi connectivity index (χ0n) is 16.0. The van der Waals surface area contributed by atoms with Crippen LogP contribution in [0.2, 0.25) is 0 Å². The lowest BCUT2D eigenvalue weighted by Gasteiger charge is -2.36. The summed E-state index contributed by atoms with van der Waals surface area (Å²) in [5.74, 6) is 0. The molecule has 2 heterocycles. The van der Waals surface area contributed by atoms with Gasteiger partial charge < -0.3 is 20.3 Å². The van der Waals surface area contributed by atoms with Gasteiger partial charge in [0.05, 0.1) is 0 Å². The number of amides is 1. The van der Waals surface area contributed by atoms with E-state index >= 15 is 0 Å². The van der Waals surface area contributed by atoms with E-state index in [0.29, 0.717) is 18.6 Å². The Morgan fingerprint density at radius 1 is 1.40 bits per heavy atom. The Hall–Kier alpha value is -1.11. The van der Waals surface area contributed by atoms with E-state index in [1.165, 1.54) is 18.4 Å². The maximum atomic E-state index is 11.7. The van der Waals surface area contributed by atoms with Crippen molar-refractivity contribution in [3.05, 3.63) is 22.4 Å². The van der Waals surface area contributed by atoms with Crippen LogP contribution in [0.15, 0.2) is 16.8 Å². The highest BCUT2D eigenvalue weighted by Gasteiger charge is 2.22. The third-order valence-electron chi connectivity index (χ3n) is 4.56. The van der Waals surface area contributed by atoms with Crippen molar-refractivity contribution in [3.63, 3.8) is 0 Å². The number of carbonyl (C=O) groups is 1. The van der Waals surface area contributed by atoms with E-state index in [2.05, 4.69) is 39.3 Å². The largest absolute Gasteiger partial charge is 0.444 e. The van der Waals surface area contributed by atoms with Crippen LogP contribution in [0.1, 0.15) is 52.5 Å². The SMILES string of the molecule is C[C@H](CCNC(=O)OC(C)(C)C)N1CCC(NCc2ccsc2)CC1. The first-order valence-corrected chi connectivity index (χ1v) is 10.2. The van der Waals surface area contributed by atoms with Crippen LogP contribution in [0, 0.1) is 0 Å². The molecule has 25 heavy (non-hydrogen) atoms. The molecule has 1 aromatic rings. The van der Waals surface area contributed by atoms with Crippen molar-refractivity contribution < 1.29 is 9.53 Å². The number of carbonyl (C=O) groups excluding carboxylic acids is 1. The summed E-state index contributed by atoms with van der Waals surface area (Å²) in [7, 11) is 0. The van der Waals surface area contributed by atoms with Crippen LogP contribution >= 0.6 is 11.3 Å². The van der Waals surface area contributed by atoms with Crippen LogP contribution in [0.4, 0.5) is 4.79 Å². The minimum Gasteiger partial charge on any atom is -0.444 e. The van der Waals surface area contributed by atoms with Gasteiger partial charge in [0.1, 0.15) is 5.60 Å². The fourth-order valence-electron chi connectivity index (χ4n) is 3.08. The molecule has 1 saturated heterocycles. The van der Waals surface area contributed by atoms with Crippen molar-refractivity contribution in [1.29, 1.82) is 0 Å². The predicted octanol–water partition coefficient (Wildman–Crippen LogP) is 3.61. The minimum absolute atomic E-state index is 0.323. The summed E-state index contributed by atoms with van der Waals surface area (Å²) in [4.78, 5) is 14.2. The Balaban J connectivity index is 1.59. The van der Waals surface area contributed by atoms with Gasteiger partial charge in [-0.2, -0.15) is 11.3 Å². The number of rotatable bonds is 7. The summed E-state index contributed by atoms with van der Waals surface area (Å²) in [6.07, 6.45) is 3.00. The number of hydrogen-bond acceptors (Lipinski definition) is 5. The second-order valence-corrected chi connectivity index (χ2v) is 8.67. The molecule has 1 amide bonds. The number of nitrogens with one attached hydrogen (secondary N) is 2. The van der Waals surface area contributed by atoms with E-state index in [-0.39, 0.29) is 6.09 Å². The van der Waals surface area contributed by atoms with Gasteiger partial charge in [-0.15, -0.1) is 0 Å². The maximum absolute atomic E-state index is 11.7. The third kappa shape index (κ3) is 7.75. The Bertz CT molecular complexity index is 505. The second-order valence-electron chi connectivity index (χ2n) is 7.89. The first-order valence-electron chi connectivity index (χ1n) is 9.29. The molecule has 1 fully saturated rings. The first-order chi connectivity index (χ1) is 11.8. The van der Waals surface area contributed by atoms with Gasteiger partial charge in [-0.3, -0.25) is 0 Å². The maximum Gasteiger partial charge on any atom is 0.407 e. The molecule has 142 valence electrons. The molecule has 1 aromatic heterocycles. The van der Waals surface area contributed by atoms with Crippen LogP contribution in [-0.2, 0) is 11.3 Å². The topological polar surface area (TPSA) is 53.6 Å². The van der Waals surface area contributed by atoms with Gasteiger partial charge in [-0.05, 0) is 82.4 Å². The summed E-state index contributed by atoms with van der Waals surface area (Å²) in [5.41, 5.74) is 0.946. The normalized spacial score (nSPS) is 18.1. The van der Waals surface area contributed by atoms with Crippen molar-refractivity contribution in [2.24, 2.45) is 0 Å². The van der Waals surface area contributed by atoms with E-state index < -0.39 is 5.60 Å². The molecule has 0 unspecified atom stereocenters. The highest BCUT2D eigenvalue weighted by atomic mass is 32.1. The van der Waals surface area contributed by atoms with E-state index in [1.807, 2.05) is 20.8 Å². The van der Waals surface area contributed by atoms with Gasteiger partial charge in [0.15, 0.2) is 0 Å². The predicted molar refractivity (Wildman–Crippen MR) is 104 cm³/mol. The van der Waals surface area contributed by atoms with Gasteiger partial charge in [-0.25, -0.2) is 4.79 Å². The molecular formula is C19H33N3O2S. The van der Waals surface area contributed by atoms with Gasteiger partial charge in [0.25, 0.3) is 0 Å². The third-order valence-corrected chi connectivity index (χ3v) is 5.29. The van der Waals surface area contributed by atoms with Crippen molar-refractivity contribution in [2.45, 2.75) is 71.2 Å². The van der Waals surface area contributed by atoms with Crippen LogP contribution in [0.3, 0.4) is 0 Å². The summed E-state index contributed by atoms with van der Waals surface area (Å²) in [6.45, 7) is 11.8. The Kier molecular flexibility index (Phi) is 7.72. The first kappa shape index (κ1) is 20.2. The van der Waals surface area contributed by atoms with Crippen LogP contribution in [0.5, 0.6) is 0 Å². The summed E-state index contributed by atoms with van der Waals surface area (Å²) in [5, 5.41) is 10.9. The Morgan fingerprint density at radius 2 is 2.12 bits per heavy atom. The van der Waals surface area contributed by atoms with Gasteiger partial charge in [-0.1, -0.05) is 0 Å². The number of alkyl carbamates (subject to hydrolysis) is 1. The Labute approximate surface area is 156 Å². The zero-order valence-corrected chi connectivity index (χ0v) is 16.8. The lowest BCUT2D eigenvalue weighted by molar-refractivity contribution is 0.0520. The lowest BCUT2D eigenvalue weighted by Crippen LogP contribution is -2.46. The quantitative estimate of drug-likeness (QED) is 0.773. The van der Waals surface area contributed by atoms with E-state index in [9.17, 15) is 4.79 Å². The summed E-state index contributed by atoms with van der Waals surface area (Å²) < 4.78 is 5.27. The molecule has 2 N–H and O–H groups in total. The molecule has 0 bridgehead atoms. The molecule has 0 aliphatic carbocycles. The molecule has 0 saturated carbocycles. The van der Waals surface area contributed by atoms with Crippen LogP contribution in [-0.4, -0.2) is 48.3 Å². The highest BCUT2D eigenvalue weighted by molar-refractivity contribution is 7.07. The average Bonchev–Trinajstić information content (AvgIpc) is 3.05. The minimum atomic E-state index is -0.437. The molecule has 0 radical (unpaired) electrons. The monoisotopic (exact) mass is 367 g/mol. The van der Waals surface area contributed by atoms with Crippen molar-refractivity contribution in [3.8, 4) is 0 Å². The molecule has 1 aliphatic heterocycles. The van der Waals surface area contributed by atoms with E-state index in [4.69, 9.17) is 4.74 Å². The van der Waals surface area contributed by atoms with Crippen molar-refractivity contribution >= 4 is 17.4 Å². The molecule has 0 aromatic carbocycles. The lowest BCUT2D eigenvalue weighted by atomic mass is 10.0. The molecule has 5 nitrogen and oxygen atoms in total. The van der Waals surface area contributed by atoms with Gasteiger partial charge in [0, 0.05) is 25.2 Å². The van der Waals surface area contributed by atoms with Crippen molar-refractivity contribution in [1.82, 2.24) is 15.5 Å². The number of nitrogens with zero attached hydrogens (tertiary/aromatic N) is 1. The van der Waals surface area contributed by atoms with Crippen LogP contribution < -0.4 is 10.6 Å². The number of thiophene rings is 1. The average molecular weight is 368 g/mol. The number of ether oxygens (including phenoxy) is 1. The standard InChI is InChI=1S/C19H33N3O2S/c1-15(5-9-20-18(23)24-19(2,3)4)22-10-6-17(7-11-22)21-13-16-8-12-25-14-16/h8,12,14-15,17,21H,5-7,9-11,13H2,1-4H3,(H,20,23)/t15-/m1/s1. The molecule has 1 atom stereocenters. The van der Waals surface area contributed by atoms with Crippen LogP contribution in [0.25, 0.3) is 0 Å². The molecule has 6 heteroatoms. The van der Waals surface area contributed by atoms with E-state index in [1.54, 1.807) is 11.3 Å². The summed E-state index contributed by atoms with van der Waals surface area (Å²) >= 11 is 1.76. The molecule has 1 aliphatic rings.